The van der Waals surface area contributed by atoms with Crippen LogP contribution in [0, 0.1) is 19.7 Å². The van der Waals surface area contributed by atoms with Crippen LogP contribution >= 0.6 is 0 Å². The Balaban J connectivity index is 1.48. The number of aromatic nitrogens is 3. The van der Waals surface area contributed by atoms with Gasteiger partial charge >= 0.3 is 0 Å². The van der Waals surface area contributed by atoms with E-state index in [0.717, 1.165) is 46.7 Å². The molecule has 3 heterocycles. The molecule has 0 saturated heterocycles. The molecule has 0 unspecified atom stereocenters. The van der Waals surface area contributed by atoms with Gasteiger partial charge in [0.1, 0.15) is 17.2 Å². The van der Waals surface area contributed by atoms with Gasteiger partial charge in [-0.2, -0.15) is 0 Å². The predicted molar refractivity (Wildman–Crippen MR) is 128 cm³/mol. The molecule has 2 aromatic heterocycles. The van der Waals surface area contributed by atoms with Crippen LogP contribution < -0.4 is 10.1 Å². The van der Waals surface area contributed by atoms with Crippen LogP contribution in [-0.2, 0) is 19.5 Å². The summed E-state index contributed by atoms with van der Waals surface area (Å²) in [5.41, 5.74) is 7.87. The van der Waals surface area contributed by atoms with E-state index in [2.05, 4.69) is 54.4 Å². The van der Waals surface area contributed by atoms with Crippen molar-refractivity contribution in [3.05, 3.63) is 76.5 Å². The zero-order chi connectivity index (χ0) is 23.1. The molecule has 0 amide bonds. The molecular formula is C26H28FN5O. The fraction of sp³-hybridized carbons (Fsp3) is 0.308. The first kappa shape index (κ1) is 21.4. The number of ether oxygens (including phenoxy) is 1. The summed E-state index contributed by atoms with van der Waals surface area (Å²) in [6, 6.07) is 9.66. The molecule has 5 rings (SSSR count). The standard InChI is InChI=1S/C26H28FN5O/c1-16-11-18(5-6-19(16)15-31(3)4)21-12-28-26(32-14-17(2)30-25(21)32)29-13-22-20-9-10-33-24(20)8-7-23(22)27/h5-8,11-12,14H,9-10,13,15H2,1-4H3,(H,28,29). The minimum absolute atomic E-state index is 0.227. The lowest BCUT2D eigenvalue weighted by molar-refractivity contribution is 0.356. The summed E-state index contributed by atoms with van der Waals surface area (Å²) in [4.78, 5) is 11.6. The van der Waals surface area contributed by atoms with Gasteiger partial charge in [0.25, 0.3) is 0 Å². The van der Waals surface area contributed by atoms with Gasteiger partial charge in [0.2, 0.25) is 5.95 Å². The Labute approximate surface area is 193 Å². The van der Waals surface area contributed by atoms with Crippen LogP contribution in [0.1, 0.15) is 27.9 Å². The zero-order valence-electron chi connectivity index (χ0n) is 19.4. The number of imidazole rings is 1. The fourth-order valence-electron chi connectivity index (χ4n) is 4.48. The highest BCUT2D eigenvalue weighted by Gasteiger charge is 2.20. The van der Waals surface area contributed by atoms with E-state index in [4.69, 9.17) is 9.72 Å². The van der Waals surface area contributed by atoms with Crippen molar-refractivity contribution in [1.29, 1.82) is 0 Å². The summed E-state index contributed by atoms with van der Waals surface area (Å²) in [5, 5.41) is 3.32. The van der Waals surface area contributed by atoms with Crippen molar-refractivity contribution in [2.24, 2.45) is 0 Å². The van der Waals surface area contributed by atoms with Crippen LogP contribution in [0.2, 0.25) is 0 Å². The molecule has 1 aliphatic heterocycles. The lowest BCUT2D eigenvalue weighted by atomic mass is 10.0. The molecule has 0 radical (unpaired) electrons. The minimum atomic E-state index is -0.227. The quantitative estimate of drug-likeness (QED) is 0.464. The number of rotatable bonds is 6. The Kier molecular flexibility index (Phi) is 5.50. The molecule has 4 aromatic rings. The topological polar surface area (TPSA) is 54.7 Å². The molecule has 6 nitrogen and oxygen atoms in total. The van der Waals surface area contributed by atoms with E-state index in [-0.39, 0.29) is 5.82 Å². The van der Waals surface area contributed by atoms with Gasteiger partial charge in [0, 0.05) is 48.6 Å². The van der Waals surface area contributed by atoms with E-state index >= 15 is 0 Å². The monoisotopic (exact) mass is 445 g/mol. The third-order valence-electron chi connectivity index (χ3n) is 6.12. The lowest BCUT2D eigenvalue weighted by Crippen LogP contribution is -2.11. The predicted octanol–water partition coefficient (Wildman–Crippen LogP) is 4.76. The number of hydrogen-bond acceptors (Lipinski definition) is 5. The first-order valence-corrected chi connectivity index (χ1v) is 11.2. The molecule has 0 aliphatic carbocycles. The van der Waals surface area contributed by atoms with Gasteiger partial charge in [-0.1, -0.05) is 18.2 Å². The second kappa shape index (κ2) is 8.48. The van der Waals surface area contributed by atoms with Gasteiger partial charge in [-0.25, -0.2) is 14.4 Å². The van der Waals surface area contributed by atoms with E-state index in [9.17, 15) is 4.39 Å². The van der Waals surface area contributed by atoms with Gasteiger partial charge in [-0.3, -0.25) is 4.40 Å². The smallest absolute Gasteiger partial charge is 0.208 e. The number of hydrogen-bond donors (Lipinski definition) is 1. The highest BCUT2D eigenvalue weighted by molar-refractivity contribution is 5.78. The fourth-order valence-corrected chi connectivity index (χ4v) is 4.48. The molecule has 170 valence electrons. The Morgan fingerprint density at radius 1 is 1.18 bits per heavy atom. The Bertz CT molecular complexity index is 1340. The third kappa shape index (κ3) is 4.04. The van der Waals surface area contributed by atoms with Crippen LogP contribution in [0.5, 0.6) is 5.75 Å². The summed E-state index contributed by atoms with van der Waals surface area (Å²) in [7, 11) is 4.14. The molecule has 0 fully saturated rings. The van der Waals surface area contributed by atoms with Crippen molar-refractivity contribution in [3.63, 3.8) is 0 Å². The van der Waals surface area contributed by atoms with Crippen molar-refractivity contribution in [1.82, 2.24) is 19.3 Å². The first-order valence-electron chi connectivity index (χ1n) is 11.2. The second-order valence-electron chi connectivity index (χ2n) is 8.91. The Morgan fingerprint density at radius 3 is 2.82 bits per heavy atom. The minimum Gasteiger partial charge on any atom is -0.493 e. The normalized spacial score (nSPS) is 12.9. The molecule has 1 aliphatic rings. The summed E-state index contributed by atoms with van der Waals surface area (Å²) in [6.07, 6.45) is 4.52. The van der Waals surface area contributed by atoms with E-state index in [0.29, 0.717) is 24.7 Å². The van der Waals surface area contributed by atoms with E-state index in [1.165, 1.54) is 17.2 Å². The molecule has 0 spiro atoms. The maximum atomic E-state index is 14.6. The van der Waals surface area contributed by atoms with Gasteiger partial charge in [-0.05, 0) is 56.8 Å². The highest BCUT2D eigenvalue weighted by atomic mass is 19.1. The number of fused-ring (bicyclic) bond motifs is 2. The van der Waals surface area contributed by atoms with Crippen LogP contribution in [0.4, 0.5) is 10.3 Å². The molecule has 1 N–H and O–H groups in total. The molecule has 33 heavy (non-hydrogen) atoms. The van der Waals surface area contributed by atoms with Gasteiger partial charge in [0.15, 0.2) is 0 Å². The maximum Gasteiger partial charge on any atom is 0.208 e. The summed E-state index contributed by atoms with van der Waals surface area (Å²) >= 11 is 0. The number of halogens is 1. The number of anilines is 1. The second-order valence-corrected chi connectivity index (χ2v) is 8.91. The average molecular weight is 446 g/mol. The summed E-state index contributed by atoms with van der Waals surface area (Å²) < 4.78 is 22.1. The van der Waals surface area contributed by atoms with E-state index in [1.807, 2.05) is 23.7 Å². The molecule has 2 aromatic carbocycles. The van der Waals surface area contributed by atoms with Crippen molar-refractivity contribution < 1.29 is 9.13 Å². The molecule has 0 saturated carbocycles. The molecule has 7 heteroatoms. The van der Waals surface area contributed by atoms with Crippen molar-refractivity contribution in [2.75, 3.05) is 26.0 Å². The third-order valence-corrected chi connectivity index (χ3v) is 6.12. The largest absolute Gasteiger partial charge is 0.493 e. The van der Waals surface area contributed by atoms with E-state index in [1.54, 1.807) is 6.07 Å². The molecular weight excluding hydrogens is 417 g/mol. The average Bonchev–Trinajstić information content (AvgIpc) is 3.40. The summed E-state index contributed by atoms with van der Waals surface area (Å²) in [6.45, 7) is 5.92. The van der Waals surface area contributed by atoms with Gasteiger partial charge < -0.3 is 15.0 Å². The zero-order valence-corrected chi connectivity index (χ0v) is 19.4. The lowest BCUT2D eigenvalue weighted by Gasteiger charge is -2.15. The molecule has 0 atom stereocenters. The van der Waals surface area contributed by atoms with Crippen molar-refractivity contribution in [2.45, 2.75) is 33.4 Å². The van der Waals surface area contributed by atoms with Crippen LogP contribution in [0.3, 0.4) is 0 Å². The molecule has 0 bridgehead atoms. The van der Waals surface area contributed by atoms with Crippen molar-refractivity contribution >= 4 is 11.6 Å². The Morgan fingerprint density at radius 2 is 2.03 bits per heavy atom. The summed E-state index contributed by atoms with van der Waals surface area (Å²) in [5.74, 6) is 1.18. The van der Waals surface area contributed by atoms with Crippen LogP contribution in [-0.4, -0.2) is 40.0 Å². The van der Waals surface area contributed by atoms with Crippen LogP contribution in [0.15, 0.2) is 42.7 Å². The number of nitrogens with one attached hydrogen (secondary N) is 1. The SMILES string of the molecule is Cc1cn2c(NCc3c(F)ccc4c3CCO4)ncc(-c3ccc(CN(C)C)c(C)c3)c2n1. The first-order chi connectivity index (χ1) is 15.9. The van der Waals surface area contributed by atoms with Gasteiger partial charge in [-0.15, -0.1) is 0 Å². The Hall–Kier alpha value is -3.45. The van der Waals surface area contributed by atoms with E-state index < -0.39 is 0 Å². The number of aryl methyl sites for hydroxylation is 2. The number of nitrogens with zero attached hydrogens (tertiary/aromatic N) is 4. The number of benzene rings is 2. The highest BCUT2D eigenvalue weighted by Crippen LogP contribution is 2.31. The van der Waals surface area contributed by atoms with Gasteiger partial charge in [0.05, 0.1) is 12.3 Å². The maximum absolute atomic E-state index is 14.6. The van der Waals surface area contributed by atoms with Crippen molar-refractivity contribution in [3.8, 4) is 16.9 Å². The van der Waals surface area contributed by atoms with Crippen LogP contribution in [0.25, 0.3) is 16.8 Å².